The van der Waals surface area contributed by atoms with Crippen LogP contribution in [0.1, 0.15) is 30.5 Å². The van der Waals surface area contributed by atoms with Crippen LogP contribution in [-0.4, -0.2) is 36.6 Å². The normalized spacial score (nSPS) is 14.5. The van der Waals surface area contributed by atoms with E-state index in [2.05, 4.69) is 5.32 Å². The van der Waals surface area contributed by atoms with Gasteiger partial charge in [0.25, 0.3) is 0 Å². The van der Waals surface area contributed by atoms with Crippen molar-refractivity contribution >= 4 is 5.97 Å². The van der Waals surface area contributed by atoms with Crippen LogP contribution < -0.4 is 5.32 Å². The summed E-state index contributed by atoms with van der Waals surface area (Å²) < 4.78 is 17.1. The first-order valence-corrected chi connectivity index (χ1v) is 12.4. The van der Waals surface area contributed by atoms with E-state index in [1.807, 2.05) is 97.9 Å². The molecule has 4 unspecified atom stereocenters. The van der Waals surface area contributed by atoms with Gasteiger partial charge in [-0.2, -0.15) is 0 Å². The highest BCUT2D eigenvalue weighted by molar-refractivity contribution is 5.74. The van der Waals surface area contributed by atoms with E-state index < -0.39 is 18.0 Å². The number of nitrogens with one attached hydrogen (secondary N) is 1. The Morgan fingerprint density at radius 3 is 1.86 bits per heavy atom. The molecule has 36 heavy (non-hydrogen) atoms. The van der Waals surface area contributed by atoms with Crippen molar-refractivity contribution in [3.05, 3.63) is 108 Å². The number of rotatable bonds is 15. The highest BCUT2D eigenvalue weighted by atomic mass is 16.7. The molecule has 192 valence electrons. The standard InChI is InChI=1S/C30H37NO5/c1-23(19-34-22-35-20-26-14-8-4-9-15-26)29(31-18-25-12-6-3-7-13-25)28(24(2)32)30(33)36-21-27-16-10-5-11-17-27/h3-17,23-24,28-29,31-32H,18-22H2,1-2H3. The number of hydrogen-bond donors (Lipinski definition) is 2. The SMILES string of the molecule is CC(O)C(C(=O)OCc1ccccc1)C(NCc1ccccc1)C(C)COCOCc1ccccc1. The molecule has 0 aliphatic carbocycles. The van der Waals surface area contributed by atoms with Crippen LogP contribution in [0.5, 0.6) is 0 Å². The van der Waals surface area contributed by atoms with Crippen molar-refractivity contribution in [3.8, 4) is 0 Å². The average Bonchev–Trinajstić information content (AvgIpc) is 2.91. The zero-order chi connectivity index (χ0) is 25.6. The topological polar surface area (TPSA) is 77.0 Å². The number of aliphatic hydroxyl groups excluding tert-OH is 1. The maximum absolute atomic E-state index is 13.2. The fraction of sp³-hybridized carbons (Fsp3) is 0.367. The van der Waals surface area contributed by atoms with Gasteiger partial charge in [-0.1, -0.05) is 97.9 Å². The third-order valence-electron chi connectivity index (χ3n) is 6.06. The van der Waals surface area contributed by atoms with E-state index in [0.717, 1.165) is 16.7 Å². The lowest BCUT2D eigenvalue weighted by molar-refractivity contribution is -0.156. The van der Waals surface area contributed by atoms with Crippen molar-refractivity contribution < 1.29 is 24.1 Å². The predicted molar refractivity (Wildman–Crippen MR) is 140 cm³/mol. The highest BCUT2D eigenvalue weighted by Crippen LogP contribution is 2.21. The minimum absolute atomic E-state index is 0.0992. The molecule has 3 aromatic rings. The lowest BCUT2D eigenvalue weighted by atomic mass is 9.86. The molecule has 0 spiro atoms. The first-order valence-electron chi connectivity index (χ1n) is 12.4. The number of ether oxygens (including phenoxy) is 3. The minimum atomic E-state index is -0.904. The molecular weight excluding hydrogens is 454 g/mol. The number of hydrogen-bond acceptors (Lipinski definition) is 6. The summed E-state index contributed by atoms with van der Waals surface area (Å²) in [5.41, 5.74) is 3.06. The van der Waals surface area contributed by atoms with Gasteiger partial charge >= 0.3 is 5.97 Å². The first kappa shape index (κ1) is 27.6. The van der Waals surface area contributed by atoms with Crippen LogP contribution >= 0.6 is 0 Å². The minimum Gasteiger partial charge on any atom is -0.460 e. The summed E-state index contributed by atoms with van der Waals surface area (Å²) in [4.78, 5) is 13.2. The summed E-state index contributed by atoms with van der Waals surface area (Å²) in [5, 5.41) is 14.1. The Bertz CT molecular complexity index is 998. The van der Waals surface area contributed by atoms with Gasteiger partial charge in [0.05, 0.1) is 25.2 Å². The molecule has 0 heterocycles. The molecular formula is C30H37NO5. The van der Waals surface area contributed by atoms with Crippen LogP contribution in [0.4, 0.5) is 0 Å². The first-order chi connectivity index (χ1) is 17.5. The van der Waals surface area contributed by atoms with Gasteiger partial charge in [-0.15, -0.1) is 0 Å². The summed E-state index contributed by atoms with van der Waals surface area (Å²) in [5.74, 6) is -1.30. The monoisotopic (exact) mass is 491 g/mol. The summed E-state index contributed by atoms with van der Waals surface area (Å²) in [6, 6.07) is 29.0. The highest BCUT2D eigenvalue weighted by Gasteiger charge is 2.37. The van der Waals surface area contributed by atoms with Crippen molar-refractivity contribution in [1.82, 2.24) is 5.32 Å². The van der Waals surface area contributed by atoms with Gasteiger partial charge in [-0.25, -0.2) is 0 Å². The van der Waals surface area contributed by atoms with Gasteiger partial charge in [0.1, 0.15) is 13.4 Å². The van der Waals surface area contributed by atoms with Gasteiger partial charge in [0.15, 0.2) is 0 Å². The smallest absolute Gasteiger partial charge is 0.313 e. The van der Waals surface area contributed by atoms with Crippen molar-refractivity contribution in [1.29, 1.82) is 0 Å². The van der Waals surface area contributed by atoms with E-state index in [1.54, 1.807) is 6.92 Å². The molecule has 0 radical (unpaired) electrons. The van der Waals surface area contributed by atoms with Crippen molar-refractivity contribution in [2.45, 2.75) is 45.8 Å². The summed E-state index contributed by atoms with van der Waals surface area (Å²) in [7, 11) is 0. The van der Waals surface area contributed by atoms with E-state index in [-0.39, 0.29) is 25.4 Å². The van der Waals surface area contributed by atoms with Crippen molar-refractivity contribution in [3.63, 3.8) is 0 Å². The molecule has 2 N–H and O–H groups in total. The van der Waals surface area contributed by atoms with Crippen LogP contribution in [0.3, 0.4) is 0 Å². The van der Waals surface area contributed by atoms with Crippen molar-refractivity contribution in [2.75, 3.05) is 13.4 Å². The molecule has 0 saturated carbocycles. The predicted octanol–water partition coefficient (Wildman–Crippen LogP) is 4.71. The van der Waals surface area contributed by atoms with E-state index in [0.29, 0.717) is 19.8 Å². The molecule has 3 aromatic carbocycles. The zero-order valence-electron chi connectivity index (χ0n) is 21.1. The Labute approximate surface area is 214 Å². The Hall–Kier alpha value is -3.03. The molecule has 6 nitrogen and oxygen atoms in total. The average molecular weight is 492 g/mol. The second-order valence-corrected chi connectivity index (χ2v) is 9.05. The summed E-state index contributed by atoms with van der Waals surface area (Å²) in [6.07, 6.45) is -0.904. The van der Waals surface area contributed by atoms with Crippen LogP contribution in [0.25, 0.3) is 0 Å². The number of carbonyl (C=O) groups is 1. The Morgan fingerprint density at radius 2 is 1.31 bits per heavy atom. The van der Waals surface area contributed by atoms with Gasteiger partial charge in [-0.05, 0) is 29.5 Å². The number of esters is 1. The second kappa shape index (κ2) is 15.2. The van der Waals surface area contributed by atoms with Gasteiger partial charge in [0, 0.05) is 12.6 Å². The molecule has 6 heteroatoms. The molecule has 0 aliphatic heterocycles. The van der Waals surface area contributed by atoms with E-state index in [4.69, 9.17) is 14.2 Å². The summed E-state index contributed by atoms with van der Waals surface area (Å²) in [6.45, 7) is 5.30. The van der Waals surface area contributed by atoms with Gasteiger partial charge in [-0.3, -0.25) is 4.79 Å². The molecule has 0 fully saturated rings. The maximum atomic E-state index is 13.2. The molecule has 0 aliphatic rings. The van der Waals surface area contributed by atoms with Crippen LogP contribution in [0.15, 0.2) is 91.0 Å². The largest absolute Gasteiger partial charge is 0.460 e. The lowest BCUT2D eigenvalue weighted by Crippen LogP contribution is -2.50. The molecule has 0 bridgehead atoms. The van der Waals surface area contributed by atoms with Crippen LogP contribution in [0.2, 0.25) is 0 Å². The van der Waals surface area contributed by atoms with E-state index >= 15 is 0 Å². The van der Waals surface area contributed by atoms with E-state index in [9.17, 15) is 9.90 Å². The molecule has 0 aromatic heterocycles. The quantitative estimate of drug-likeness (QED) is 0.182. The third kappa shape index (κ3) is 9.21. The summed E-state index contributed by atoms with van der Waals surface area (Å²) >= 11 is 0. The van der Waals surface area contributed by atoms with Crippen molar-refractivity contribution in [2.24, 2.45) is 11.8 Å². The third-order valence-corrected chi connectivity index (χ3v) is 6.06. The molecule has 3 rings (SSSR count). The number of carbonyl (C=O) groups excluding carboxylic acids is 1. The number of benzene rings is 3. The lowest BCUT2D eigenvalue weighted by Gasteiger charge is -2.33. The molecule has 4 atom stereocenters. The van der Waals surface area contributed by atoms with Gasteiger partial charge < -0.3 is 24.6 Å². The zero-order valence-corrected chi connectivity index (χ0v) is 21.1. The van der Waals surface area contributed by atoms with E-state index in [1.165, 1.54) is 0 Å². The Morgan fingerprint density at radius 1 is 0.778 bits per heavy atom. The van der Waals surface area contributed by atoms with Crippen LogP contribution in [-0.2, 0) is 38.8 Å². The number of aliphatic hydroxyl groups is 1. The molecule has 0 amide bonds. The fourth-order valence-corrected chi connectivity index (χ4v) is 4.11. The fourth-order valence-electron chi connectivity index (χ4n) is 4.11. The Kier molecular flexibility index (Phi) is 11.6. The second-order valence-electron chi connectivity index (χ2n) is 9.05. The van der Waals surface area contributed by atoms with Crippen LogP contribution in [0, 0.1) is 11.8 Å². The molecule has 0 saturated heterocycles. The Balaban J connectivity index is 1.61. The van der Waals surface area contributed by atoms with Gasteiger partial charge in [0.2, 0.25) is 0 Å². The maximum Gasteiger partial charge on any atom is 0.313 e.